The molecular weight excluding hydrogens is 144 g/mol. The van der Waals surface area contributed by atoms with Gasteiger partial charge in [-0.2, -0.15) is 0 Å². The first-order valence-electron chi connectivity index (χ1n) is 3.88. The van der Waals surface area contributed by atoms with Gasteiger partial charge in [0.1, 0.15) is 0 Å². The standard InChI is InChI=1S/C8H16O3/c1-6-7(2,3)11-8(4,5-9)10-6/h6,9H,5H2,1-4H3. The molecule has 1 rings (SSSR count). The number of ether oxygens (including phenoxy) is 2. The Kier molecular flexibility index (Phi) is 1.99. The van der Waals surface area contributed by atoms with Crippen LogP contribution in [0.1, 0.15) is 27.7 Å². The Morgan fingerprint density at radius 1 is 1.36 bits per heavy atom. The fourth-order valence-corrected chi connectivity index (χ4v) is 1.25. The van der Waals surface area contributed by atoms with E-state index in [2.05, 4.69) is 0 Å². The van der Waals surface area contributed by atoms with Crippen molar-refractivity contribution in [1.29, 1.82) is 0 Å². The van der Waals surface area contributed by atoms with Crippen LogP contribution in [0.25, 0.3) is 0 Å². The number of hydrogen-bond acceptors (Lipinski definition) is 3. The third kappa shape index (κ3) is 1.55. The van der Waals surface area contributed by atoms with E-state index in [1.54, 1.807) is 6.92 Å². The minimum atomic E-state index is -0.803. The lowest BCUT2D eigenvalue weighted by molar-refractivity contribution is -0.193. The first kappa shape index (κ1) is 8.97. The van der Waals surface area contributed by atoms with Crippen LogP contribution in [0.3, 0.4) is 0 Å². The lowest BCUT2D eigenvalue weighted by Crippen LogP contribution is -2.34. The highest BCUT2D eigenvalue weighted by molar-refractivity contribution is 4.87. The minimum Gasteiger partial charge on any atom is -0.391 e. The van der Waals surface area contributed by atoms with Crippen LogP contribution in [-0.2, 0) is 9.47 Å². The molecule has 2 atom stereocenters. The topological polar surface area (TPSA) is 38.7 Å². The van der Waals surface area contributed by atoms with Crippen molar-refractivity contribution >= 4 is 0 Å². The number of rotatable bonds is 1. The summed E-state index contributed by atoms with van der Waals surface area (Å²) in [6.45, 7) is 7.51. The molecule has 11 heavy (non-hydrogen) atoms. The van der Waals surface area contributed by atoms with E-state index in [1.807, 2.05) is 20.8 Å². The van der Waals surface area contributed by atoms with Gasteiger partial charge in [-0.05, 0) is 27.7 Å². The summed E-state index contributed by atoms with van der Waals surface area (Å²) < 4.78 is 11.0. The zero-order chi connectivity index (χ0) is 8.70. The van der Waals surface area contributed by atoms with Gasteiger partial charge >= 0.3 is 0 Å². The maximum atomic E-state index is 8.93. The van der Waals surface area contributed by atoms with Crippen LogP contribution in [0.5, 0.6) is 0 Å². The summed E-state index contributed by atoms with van der Waals surface area (Å²) in [6.07, 6.45) is 0.0275. The molecule has 0 bridgehead atoms. The largest absolute Gasteiger partial charge is 0.391 e. The monoisotopic (exact) mass is 160 g/mol. The number of aliphatic hydroxyl groups excluding tert-OH is 1. The van der Waals surface area contributed by atoms with Gasteiger partial charge in [0.05, 0.1) is 18.3 Å². The maximum Gasteiger partial charge on any atom is 0.189 e. The molecule has 1 saturated heterocycles. The Morgan fingerprint density at radius 3 is 2.09 bits per heavy atom. The summed E-state index contributed by atoms with van der Waals surface area (Å²) in [5.74, 6) is -0.803. The predicted molar refractivity (Wildman–Crippen MR) is 41.2 cm³/mol. The van der Waals surface area contributed by atoms with Crippen LogP contribution in [0, 0.1) is 0 Å². The molecule has 2 unspecified atom stereocenters. The van der Waals surface area contributed by atoms with Gasteiger partial charge in [0, 0.05) is 0 Å². The highest BCUT2D eigenvalue weighted by Crippen LogP contribution is 2.35. The predicted octanol–water partition coefficient (Wildman–Crippen LogP) is 0.909. The van der Waals surface area contributed by atoms with E-state index in [1.165, 1.54) is 0 Å². The Morgan fingerprint density at radius 2 is 1.91 bits per heavy atom. The lowest BCUT2D eigenvalue weighted by atomic mass is 10.0. The Balaban J connectivity index is 2.71. The molecule has 66 valence electrons. The Hall–Kier alpha value is -0.120. The van der Waals surface area contributed by atoms with Crippen molar-refractivity contribution in [2.24, 2.45) is 0 Å². The minimum absolute atomic E-state index is 0.0275. The van der Waals surface area contributed by atoms with Crippen molar-refractivity contribution in [3.63, 3.8) is 0 Å². The molecule has 0 saturated carbocycles. The molecule has 0 radical (unpaired) electrons. The number of hydrogen-bond donors (Lipinski definition) is 1. The smallest absolute Gasteiger partial charge is 0.189 e. The zero-order valence-corrected chi connectivity index (χ0v) is 7.55. The molecule has 1 N–H and O–H groups in total. The third-order valence-corrected chi connectivity index (χ3v) is 2.17. The summed E-state index contributed by atoms with van der Waals surface area (Å²) >= 11 is 0. The summed E-state index contributed by atoms with van der Waals surface area (Å²) in [7, 11) is 0. The Labute approximate surface area is 67.3 Å². The van der Waals surface area contributed by atoms with E-state index in [0.717, 1.165) is 0 Å². The van der Waals surface area contributed by atoms with Gasteiger partial charge in [0.15, 0.2) is 5.79 Å². The average Bonchev–Trinajstić information content (AvgIpc) is 2.04. The second-order valence-corrected chi connectivity index (χ2v) is 3.76. The molecule has 1 aliphatic heterocycles. The van der Waals surface area contributed by atoms with E-state index >= 15 is 0 Å². The van der Waals surface area contributed by atoms with E-state index in [9.17, 15) is 0 Å². The van der Waals surface area contributed by atoms with Gasteiger partial charge in [0.2, 0.25) is 0 Å². The quantitative estimate of drug-likeness (QED) is 0.619. The van der Waals surface area contributed by atoms with Crippen molar-refractivity contribution < 1.29 is 14.6 Å². The maximum absolute atomic E-state index is 8.93. The van der Waals surface area contributed by atoms with Gasteiger partial charge in [-0.3, -0.25) is 0 Å². The fourth-order valence-electron chi connectivity index (χ4n) is 1.25. The second-order valence-electron chi connectivity index (χ2n) is 3.76. The third-order valence-electron chi connectivity index (χ3n) is 2.17. The first-order chi connectivity index (χ1) is 4.90. The molecular formula is C8H16O3. The van der Waals surface area contributed by atoms with Gasteiger partial charge in [-0.1, -0.05) is 0 Å². The van der Waals surface area contributed by atoms with Crippen LogP contribution in [0.2, 0.25) is 0 Å². The van der Waals surface area contributed by atoms with Gasteiger partial charge in [-0.25, -0.2) is 0 Å². The highest BCUT2D eigenvalue weighted by atomic mass is 16.8. The summed E-state index contributed by atoms with van der Waals surface area (Å²) in [5.41, 5.74) is -0.294. The fraction of sp³-hybridized carbons (Fsp3) is 1.00. The van der Waals surface area contributed by atoms with E-state index in [-0.39, 0.29) is 18.3 Å². The average molecular weight is 160 g/mol. The molecule has 0 aromatic heterocycles. The van der Waals surface area contributed by atoms with Crippen LogP contribution in [-0.4, -0.2) is 29.2 Å². The highest BCUT2D eigenvalue weighted by Gasteiger charge is 2.46. The molecule has 0 aromatic rings. The first-order valence-corrected chi connectivity index (χ1v) is 3.88. The van der Waals surface area contributed by atoms with E-state index in [0.29, 0.717) is 0 Å². The molecule has 1 aliphatic rings. The molecule has 0 aromatic carbocycles. The molecule has 0 aliphatic carbocycles. The molecule has 0 amide bonds. The van der Waals surface area contributed by atoms with Gasteiger partial charge in [-0.15, -0.1) is 0 Å². The molecule has 1 heterocycles. The summed E-state index contributed by atoms with van der Waals surface area (Å²) in [4.78, 5) is 0. The van der Waals surface area contributed by atoms with Crippen LogP contribution in [0.4, 0.5) is 0 Å². The normalized spacial score (nSPS) is 42.8. The number of aliphatic hydroxyl groups is 1. The van der Waals surface area contributed by atoms with Gasteiger partial charge < -0.3 is 14.6 Å². The molecule has 0 spiro atoms. The molecule has 3 heteroatoms. The van der Waals surface area contributed by atoms with Crippen LogP contribution in [0.15, 0.2) is 0 Å². The van der Waals surface area contributed by atoms with Crippen molar-refractivity contribution in [1.82, 2.24) is 0 Å². The SMILES string of the molecule is CC1OC(C)(CO)OC1(C)C. The van der Waals surface area contributed by atoms with Crippen molar-refractivity contribution in [3.8, 4) is 0 Å². The second kappa shape index (κ2) is 2.44. The van der Waals surface area contributed by atoms with Crippen LogP contribution >= 0.6 is 0 Å². The van der Waals surface area contributed by atoms with Crippen molar-refractivity contribution in [2.45, 2.75) is 45.2 Å². The zero-order valence-electron chi connectivity index (χ0n) is 7.55. The van der Waals surface area contributed by atoms with Crippen molar-refractivity contribution in [2.75, 3.05) is 6.61 Å². The molecule has 1 fully saturated rings. The summed E-state index contributed by atoms with van der Waals surface area (Å²) in [6, 6.07) is 0. The molecule has 3 nitrogen and oxygen atoms in total. The van der Waals surface area contributed by atoms with Crippen molar-refractivity contribution in [3.05, 3.63) is 0 Å². The van der Waals surface area contributed by atoms with Crippen LogP contribution < -0.4 is 0 Å². The van der Waals surface area contributed by atoms with Gasteiger partial charge in [0.25, 0.3) is 0 Å². The Bertz CT molecular complexity index is 155. The summed E-state index contributed by atoms with van der Waals surface area (Å²) in [5, 5.41) is 8.93. The lowest BCUT2D eigenvalue weighted by Gasteiger charge is -2.23. The van der Waals surface area contributed by atoms with E-state index in [4.69, 9.17) is 14.6 Å². The van der Waals surface area contributed by atoms with E-state index < -0.39 is 5.79 Å².